The van der Waals surface area contributed by atoms with Crippen LogP contribution < -0.4 is 4.74 Å². The van der Waals surface area contributed by atoms with Crippen LogP contribution in [0.3, 0.4) is 0 Å². The zero-order valence-electron chi connectivity index (χ0n) is 10.3. The van der Waals surface area contributed by atoms with Crippen molar-refractivity contribution in [2.24, 2.45) is 0 Å². The van der Waals surface area contributed by atoms with Gasteiger partial charge in [-0.25, -0.2) is 8.42 Å². The number of hydrogen-bond donors (Lipinski definition) is 0. The van der Waals surface area contributed by atoms with Crippen molar-refractivity contribution in [3.8, 4) is 5.75 Å². The first-order valence-electron chi connectivity index (χ1n) is 5.63. The van der Waals surface area contributed by atoms with Crippen molar-refractivity contribution in [2.45, 2.75) is 10.6 Å². The summed E-state index contributed by atoms with van der Waals surface area (Å²) in [6.45, 7) is 0. The molecule has 0 aliphatic heterocycles. The molecule has 0 saturated heterocycles. The Morgan fingerprint density at radius 2 is 1.84 bits per heavy atom. The van der Waals surface area contributed by atoms with Crippen LogP contribution in [-0.2, 0) is 15.6 Å². The highest BCUT2D eigenvalue weighted by atomic mass is 35.5. The highest BCUT2D eigenvalue weighted by molar-refractivity contribution is 7.90. The molecule has 0 N–H and O–H groups in total. The van der Waals surface area contributed by atoms with Gasteiger partial charge in [-0.1, -0.05) is 35.9 Å². The van der Waals surface area contributed by atoms with E-state index in [0.717, 1.165) is 0 Å². The first-order valence-corrected chi connectivity index (χ1v) is 7.66. The molecule has 3 nitrogen and oxygen atoms in total. The minimum atomic E-state index is -3.46. The number of ether oxygens (including phenoxy) is 1. The second-order valence-corrected chi connectivity index (χ2v) is 6.41. The average molecular weight is 297 g/mol. The minimum absolute atomic E-state index is 0.103. The van der Waals surface area contributed by atoms with Crippen molar-refractivity contribution in [2.75, 3.05) is 7.11 Å². The first kappa shape index (κ1) is 13.9. The summed E-state index contributed by atoms with van der Waals surface area (Å²) in [5, 5.41) is 0.241. The quantitative estimate of drug-likeness (QED) is 0.869. The van der Waals surface area contributed by atoms with Crippen LogP contribution in [0, 0.1) is 0 Å². The van der Waals surface area contributed by atoms with Crippen LogP contribution in [-0.4, -0.2) is 15.5 Å². The van der Waals surface area contributed by atoms with E-state index in [2.05, 4.69) is 0 Å². The van der Waals surface area contributed by atoms with E-state index in [1.54, 1.807) is 49.6 Å². The van der Waals surface area contributed by atoms with Crippen molar-refractivity contribution in [1.29, 1.82) is 0 Å². The summed E-state index contributed by atoms with van der Waals surface area (Å²) in [4.78, 5) is 0.152. The van der Waals surface area contributed by atoms with Gasteiger partial charge < -0.3 is 4.74 Å². The maximum Gasteiger partial charge on any atom is 0.183 e. The molecule has 0 aliphatic rings. The van der Waals surface area contributed by atoms with Crippen molar-refractivity contribution >= 4 is 21.4 Å². The third-order valence-corrected chi connectivity index (χ3v) is 4.84. The van der Waals surface area contributed by atoms with E-state index in [-0.39, 0.29) is 15.7 Å². The topological polar surface area (TPSA) is 43.4 Å². The molecule has 0 aromatic heterocycles. The smallest absolute Gasteiger partial charge is 0.183 e. The predicted molar refractivity (Wildman–Crippen MR) is 75.3 cm³/mol. The molecule has 0 amide bonds. The third kappa shape index (κ3) is 3.28. The second kappa shape index (κ2) is 5.63. The van der Waals surface area contributed by atoms with Crippen LogP contribution in [0.15, 0.2) is 53.4 Å². The van der Waals surface area contributed by atoms with Crippen LogP contribution in [0.5, 0.6) is 5.75 Å². The zero-order valence-corrected chi connectivity index (χ0v) is 11.9. The normalized spacial score (nSPS) is 11.3. The lowest BCUT2D eigenvalue weighted by molar-refractivity contribution is 0.414. The maximum absolute atomic E-state index is 12.3. The fourth-order valence-corrected chi connectivity index (χ4v) is 3.67. The van der Waals surface area contributed by atoms with E-state index >= 15 is 0 Å². The number of halogens is 1. The Labute approximate surface area is 117 Å². The highest BCUT2D eigenvalue weighted by Gasteiger charge is 2.18. The highest BCUT2D eigenvalue weighted by Crippen LogP contribution is 2.25. The number of sulfone groups is 1. The fourth-order valence-electron chi connectivity index (χ4n) is 1.76. The Balaban J connectivity index is 2.34. The molecule has 0 unspecified atom stereocenters. The molecule has 0 heterocycles. The van der Waals surface area contributed by atoms with Gasteiger partial charge in [0, 0.05) is 0 Å². The lowest BCUT2D eigenvalue weighted by Gasteiger charge is -2.07. The Kier molecular flexibility index (Phi) is 4.12. The fraction of sp³-hybridized carbons (Fsp3) is 0.143. The number of benzene rings is 2. The van der Waals surface area contributed by atoms with E-state index in [1.165, 1.54) is 6.07 Å². The van der Waals surface area contributed by atoms with E-state index in [4.69, 9.17) is 16.3 Å². The van der Waals surface area contributed by atoms with E-state index in [0.29, 0.717) is 11.3 Å². The predicted octanol–water partition coefficient (Wildman–Crippen LogP) is 3.32. The average Bonchev–Trinajstić information content (AvgIpc) is 2.38. The van der Waals surface area contributed by atoms with Gasteiger partial charge in [-0.2, -0.15) is 0 Å². The summed E-state index contributed by atoms with van der Waals surface area (Å²) in [7, 11) is -1.91. The number of rotatable bonds is 4. The van der Waals surface area contributed by atoms with Crippen LogP contribution in [0.1, 0.15) is 5.56 Å². The summed E-state index contributed by atoms with van der Waals surface area (Å²) in [5.41, 5.74) is 0.666. The standard InChI is InChI=1S/C14H13ClO3S/c1-18-12-6-4-5-11(9-12)10-19(16,17)14-8-3-2-7-13(14)15/h2-9H,10H2,1H3. The number of methoxy groups -OCH3 is 1. The van der Waals surface area contributed by atoms with E-state index in [9.17, 15) is 8.42 Å². The molecular weight excluding hydrogens is 284 g/mol. The van der Waals surface area contributed by atoms with Gasteiger partial charge in [0.15, 0.2) is 9.84 Å². The molecule has 0 radical (unpaired) electrons. The molecule has 0 spiro atoms. The molecule has 19 heavy (non-hydrogen) atoms. The van der Waals surface area contributed by atoms with Gasteiger partial charge in [0.2, 0.25) is 0 Å². The van der Waals surface area contributed by atoms with Crippen LogP contribution in [0.25, 0.3) is 0 Å². The molecule has 5 heteroatoms. The molecule has 0 fully saturated rings. The molecule has 2 aromatic carbocycles. The Morgan fingerprint density at radius 1 is 1.11 bits per heavy atom. The van der Waals surface area contributed by atoms with E-state index in [1.807, 2.05) is 0 Å². The Hall–Kier alpha value is -1.52. The minimum Gasteiger partial charge on any atom is -0.497 e. The summed E-state index contributed by atoms with van der Waals surface area (Å²) >= 11 is 5.93. The van der Waals surface area contributed by atoms with Crippen LogP contribution in [0.4, 0.5) is 0 Å². The Bertz CT molecular complexity index is 681. The summed E-state index contributed by atoms with van der Waals surface area (Å²) in [6.07, 6.45) is 0. The van der Waals surface area contributed by atoms with Gasteiger partial charge in [0.05, 0.1) is 22.8 Å². The largest absolute Gasteiger partial charge is 0.497 e. The summed E-state index contributed by atoms with van der Waals surface area (Å²) < 4.78 is 29.7. The van der Waals surface area contributed by atoms with Gasteiger partial charge in [-0.3, -0.25) is 0 Å². The monoisotopic (exact) mass is 296 g/mol. The molecule has 0 atom stereocenters. The molecular formula is C14H13ClO3S. The van der Waals surface area contributed by atoms with Gasteiger partial charge in [-0.15, -0.1) is 0 Å². The summed E-state index contributed by atoms with van der Waals surface area (Å²) in [6, 6.07) is 13.4. The lowest BCUT2D eigenvalue weighted by Crippen LogP contribution is -2.05. The molecule has 0 aliphatic carbocycles. The summed E-state index contributed by atoms with van der Waals surface area (Å²) in [5.74, 6) is 0.528. The van der Waals surface area contributed by atoms with Gasteiger partial charge >= 0.3 is 0 Å². The Morgan fingerprint density at radius 3 is 2.53 bits per heavy atom. The van der Waals surface area contributed by atoms with Gasteiger partial charge in [-0.05, 0) is 29.8 Å². The van der Waals surface area contributed by atoms with Gasteiger partial charge in [0.1, 0.15) is 5.75 Å². The first-order chi connectivity index (χ1) is 9.03. The lowest BCUT2D eigenvalue weighted by atomic mass is 10.2. The molecule has 100 valence electrons. The van der Waals surface area contributed by atoms with Crippen LogP contribution in [0.2, 0.25) is 5.02 Å². The second-order valence-electron chi connectivity index (χ2n) is 4.04. The van der Waals surface area contributed by atoms with Crippen LogP contribution >= 0.6 is 11.6 Å². The number of hydrogen-bond acceptors (Lipinski definition) is 3. The van der Waals surface area contributed by atoms with Crippen molar-refractivity contribution < 1.29 is 13.2 Å². The SMILES string of the molecule is COc1cccc(CS(=O)(=O)c2ccccc2Cl)c1. The van der Waals surface area contributed by atoms with Crippen molar-refractivity contribution in [3.05, 3.63) is 59.1 Å². The van der Waals surface area contributed by atoms with Crippen molar-refractivity contribution in [1.82, 2.24) is 0 Å². The zero-order chi connectivity index (χ0) is 13.9. The molecule has 0 bridgehead atoms. The third-order valence-electron chi connectivity index (χ3n) is 2.66. The van der Waals surface area contributed by atoms with Gasteiger partial charge in [0.25, 0.3) is 0 Å². The molecule has 2 rings (SSSR count). The maximum atomic E-state index is 12.3. The molecule has 0 saturated carbocycles. The van der Waals surface area contributed by atoms with E-state index < -0.39 is 9.84 Å². The molecule has 2 aromatic rings. The van der Waals surface area contributed by atoms with Crippen molar-refractivity contribution in [3.63, 3.8) is 0 Å².